The molecule has 5 aromatic rings. The number of carbonyl (C=O) groups is 5. The number of hydroxylamine groups is 2. The quantitative estimate of drug-likeness (QED) is 0.0558. The van der Waals surface area contributed by atoms with E-state index >= 15 is 0 Å². The normalized spacial score (nSPS) is 17.3. The van der Waals surface area contributed by atoms with Crippen molar-refractivity contribution in [3.63, 3.8) is 0 Å². The number of para-hydroxylation sites is 2. The standard InChI is InChI=1S/C58H64N6O11/c1-5-20-71-22-23-72-21-19-61(18-10-15-56(67)75-64-54(65)16-17-55(64)66)42-26-38(35-73-51-31-47-45(24-37(51)2)57(68)62-43(33-59-47)28-40-11-6-8-13-48(40)62)25-39(27-42)36-74-53-32-50-46(30-52(53)70-4)58(69)63-44(34-60(50)3)29-41-12-7-9-14-49(41)63/h6-9,11-14,24-27,30-32,43-44,59H,5,10,15-23,28-29,33-36H2,1-4H3/t43-,44-/m0/s1. The molecular formula is C58H64N6O11. The number of carbonyl (C=O) groups excluding carboxylic acids is 5. The van der Waals surface area contributed by atoms with Gasteiger partial charge in [-0.15, -0.1) is 5.06 Å². The van der Waals surface area contributed by atoms with E-state index in [0.717, 1.165) is 69.8 Å². The van der Waals surface area contributed by atoms with Gasteiger partial charge in [0.05, 0.1) is 61.5 Å². The molecule has 392 valence electrons. The van der Waals surface area contributed by atoms with E-state index in [0.29, 0.717) is 98.2 Å². The molecule has 75 heavy (non-hydrogen) atoms. The highest BCUT2D eigenvalue weighted by molar-refractivity contribution is 6.13. The molecule has 0 unspecified atom stereocenters. The smallest absolute Gasteiger partial charge is 0.333 e. The summed E-state index contributed by atoms with van der Waals surface area (Å²) >= 11 is 0. The van der Waals surface area contributed by atoms with Crippen LogP contribution in [0.4, 0.5) is 28.4 Å². The predicted octanol–water partition coefficient (Wildman–Crippen LogP) is 7.82. The van der Waals surface area contributed by atoms with Crippen molar-refractivity contribution in [3.8, 4) is 17.2 Å². The number of methoxy groups -OCH3 is 1. The lowest BCUT2D eigenvalue weighted by Crippen LogP contribution is -2.41. The van der Waals surface area contributed by atoms with Crippen LogP contribution in [0.1, 0.15) is 87.6 Å². The molecule has 4 amide bonds. The number of rotatable bonds is 21. The molecule has 5 aliphatic heterocycles. The Morgan fingerprint density at radius 3 is 2.03 bits per heavy atom. The van der Waals surface area contributed by atoms with Crippen LogP contribution in [-0.2, 0) is 54.8 Å². The minimum Gasteiger partial charge on any atom is -0.493 e. The maximum atomic E-state index is 14.4. The highest BCUT2D eigenvalue weighted by Gasteiger charge is 2.40. The lowest BCUT2D eigenvalue weighted by molar-refractivity contribution is -0.197. The Balaban J connectivity index is 0.924. The molecule has 2 atom stereocenters. The molecular weight excluding hydrogens is 957 g/mol. The van der Waals surface area contributed by atoms with Gasteiger partial charge in [0.25, 0.3) is 23.6 Å². The van der Waals surface area contributed by atoms with Crippen molar-refractivity contribution in [1.29, 1.82) is 0 Å². The SMILES string of the molecule is CCCOCCOCCN(CCCC(=O)ON1C(=O)CCC1=O)c1cc(COc2cc3c(cc2C)C(=O)N2c4ccccc4C[C@H]2CN3)cc(COc2cc3c(cc2OC)C(=O)N2c4ccccc4C[C@H]2CN3C)c1. The van der Waals surface area contributed by atoms with Gasteiger partial charge in [0.2, 0.25) is 0 Å². The second-order valence-electron chi connectivity index (χ2n) is 19.7. The molecule has 5 aliphatic rings. The van der Waals surface area contributed by atoms with Crippen LogP contribution in [-0.4, -0.2) is 114 Å². The van der Waals surface area contributed by atoms with Gasteiger partial charge in [-0.25, -0.2) is 4.79 Å². The van der Waals surface area contributed by atoms with Gasteiger partial charge < -0.3 is 53.4 Å². The molecule has 5 heterocycles. The Morgan fingerprint density at radius 1 is 0.693 bits per heavy atom. The van der Waals surface area contributed by atoms with Crippen molar-refractivity contribution < 1.29 is 52.5 Å². The Labute approximate surface area is 437 Å². The number of benzene rings is 5. The summed E-state index contributed by atoms with van der Waals surface area (Å²) in [6, 6.07) is 29.6. The van der Waals surface area contributed by atoms with E-state index in [1.807, 2.05) is 96.6 Å². The van der Waals surface area contributed by atoms with Crippen LogP contribution < -0.4 is 39.1 Å². The van der Waals surface area contributed by atoms with Crippen molar-refractivity contribution in [2.45, 2.75) is 84.1 Å². The van der Waals surface area contributed by atoms with Gasteiger partial charge in [0.1, 0.15) is 19.0 Å². The van der Waals surface area contributed by atoms with Crippen molar-refractivity contribution in [2.75, 3.05) is 91.7 Å². The average Bonchev–Trinajstić information content (AvgIpc) is 4.04. The van der Waals surface area contributed by atoms with E-state index in [4.69, 9.17) is 28.5 Å². The van der Waals surface area contributed by atoms with E-state index < -0.39 is 17.8 Å². The number of nitrogens with one attached hydrogen (secondary N) is 1. The highest BCUT2D eigenvalue weighted by atomic mass is 16.7. The molecule has 0 aliphatic carbocycles. The van der Waals surface area contributed by atoms with Crippen LogP contribution in [0, 0.1) is 6.92 Å². The minimum atomic E-state index is -0.677. The van der Waals surface area contributed by atoms with Gasteiger partial charge in [-0.05, 0) is 103 Å². The molecule has 1 saturated heterocycles. The summed E-state index contributed by atoms with van der Waals surface area (Å²) in [5.41, 5.74) is 10.0. The number of anilines is 5. The Morgan fingerprint density at radius 2 is 1.33 bits per heavy atom. The van der Waals surface area contributed by atoms with Crippen LogP contribution in [0.5, 0.6) is 17.2 Å². The summed E-state index contributed by atoms with van der Waals surface area (Å²) in [6.07, 6.45) is 2.77. The number of hydrogen-bond acceptors (Lipinski definition) is 14. The minimum absolute atomic E-state index is 0.00717. The third-order valence-electron chi connectivity index (χ3n) is 14.5. The number of likely N-dealkylation sites (N-methyl/N-ethyl adjacent to an activating group) is 1. The number of hydrogen-bond donors (Lipinski definition) is 1. The van der Waals surface area contributed by atoms with Crippen LogP contribution in [0.15, 0.2) is 91.0 Å². The second kappa shape index (κ2) is 22.5. The maximum absolute atomic E-state index is 14.4. The van der Waals surface area contributed by atoms with Gasteiger partial charge in [-0.2, -0.15) is 0 Å². The Hall–Kier alpha value is -7.63. The predicted molar refractivity (Wildman–Crippen MR) is 283 cm³/mol. The number of fused-ring (bicyclic) bond motifs is 8. The van der Waals surface area contributed by atoms with E-state index in [1.165, 1.54) is 0 Å². The van der Waals surface area contributed by atoms with E-state index in [1.54, 1.807) is 13.2 Å². The van der Waals surface area contributed by atoms with Crippen LogP contribution in [0.3, 0.4) is 0 Å². The average molecular weight is 1020 g/mol. The second-order valence-corrected chi connectivity index (χ2v) is 19.7. The molecule has 10 rings (SSSR count). The molecule has 0 saturated carbocycles. The highest BCUT2D eigenvalue weighted by Crippen LogP contribution is 2.43. The number of imide groups is 1. The summed E-state index contributed by atoms with van der Waals surface area (Å²) < 4.78 is 30.9. The molecule has 1 fully saturated rings. The van der Waals surface area contributed by atoms with Gasteiger partial charge in [0.15, 0.2) is 11.5 Å². The van der Waals surface area contributed by atoms with Crippen molar-refractivity contribution in [3.05, 3.63) is 130 Å². The zero-order valence-electron chi connectivity index (χ0n) is 43.1. The Kier molecular flexibility index (Phi) is 15.2. The monoisotopic (exact) mass is 1020 g/mol. The number of aryl methyl sites for hydroxylation is 1. The lowest BCUT2D eigenvalue weighted by atomic mass is 10.1. The van der Waals surface area contributed by atoms with Gasteiger partial charge in [-0.1, -0.05) is 43.3 Å². The fraction of sp³-hybridized carbons (Fsp3) is 0.397. The van der Waals surface area contributed by atoms with Crippen LogP contribution in [0.25, 0.3) is 0 Å². The zero-order valence-corrected chi connectivity index (χ0v) is 43.1. The molecule has 0 spiro atoms. The Bertz CT molecular complexity index is 2980. The molecule has 5 aromatic carbocycles. The van der Waals surface area contributed by atoms with Gasteiger partial charge in [0, 0.05) is 88.3 Å². The first-order valence-electron chi connectivity index (χ1n) is 26.0. The summed E-state index contributed by atoms with van der Waals surface area (Å²) in [7, 11) is 3.56. The summed E-state index contributed by atoms with van der Waals surface area (Å²) in [6.45, 7) is 8.21. The van der Waals surface area contributed by atoms with E-state index in [-0.39, 0.29) is 56.4 Å². The van der Waals surface area contributed by atoms with Crippen LogP contribution >= 0.6 is 0 Å². The zero-order chi connectivity index (χ0) is 52.2. The van der Waals surface area contributed by atoms with Crippen LogP contribution in [0.2, 0.25) is 0 Å². The fourth-order valence-electron chi connectivity index (χ4n) is 10.8. The van der Waals surface area contributed by atoms with E-state index in [9.17, 15) is 24.0 Å². The molecule has 17 heteroatoms. The molecule has 0 aromatic heterocycles. The molecule has 1 N–H and O–H groups in total. The number of ether oxygens (including phenoxy) is 5. The van der Waals surface area contributed by atoms with E-state index in [2.05, 4.69) is 34.2 Å². The molecule has 17 nitrogen and oxygen atoms in total. The summed E-state index contributed by atoms with van der Waals surface area (Å²) in [5, 5.41) is 4.12. The molecule has 0 bridgehead atoms. The number of amides is 4. The number of nitrogens with zero attached hydrogens (tertiary/aromatic N) is 5. The molecule has 0 radical (unpaired) electrons. The lowest BCUT2D eigenvalue weighted by Gasteiger charge is -2.26. The first kappa shape index (κ1) is 50.9. The third kappa shape index (κ3) is 10.8. The topological polar surface area (TPSA) is 169 Å². The summed E-state index contributed by atoms with van der Waals surface area (Å²) in [4.78, 5) is 79.1. The largest absolute Gasteiger partial charge is 0.493 e. The summed E-state index contributed by atoms with van der Waals surface area (Å²) in [5.74, 6) is -0.359. The van der Waals surface area contributed by atoms with Crippen molar-refractivity contribution in [1.82, 2.24) is 5.06 Å². The van der Waals surface area contributed by atoms with Gasteiger partial charge in [-0.3, -0.25) is 19.2 Å². The first-order valence-corrected chi connectivity index (χ1v) is 26.0. The first-order chi connectivity index (χ1) is 36.5. The van der Waals surface area contributed by atoms with Crippen molar-refractivity contribution in [2.24, 2.45) is 0 Å². The van der Waals surface area contributed by atoms with Crippen molar-refractivity contribution >= 4 is 58.0 Å². The maximum Gasteiger partial charge on any atom is 0.333 e. The third-order valence-corrected chi connectivity index (χ3v) is 14.5. The fourth-order valence-corrected chi connectivity index (χ4v) is 10.8. The van der Waals surface area contributed by atoms with Gasteiger partial charge >= 0.3 is 5.97 Å².